The van der Waals surface area contributed by atoms with Gasteiger partial charge in [0.2, 0.25) is 0 Å². The molecule has 38 heavy (non-hydrogen) atoms. The van der Waals surface area contributed by atoms with Gasteiger partial charge in [-0.3, -0.25) is 4.68 Å². The van der Waals surface area contributed by atoms with E-state index in [0.717, 1.165) is 39.6 Å². The third-order valence-electron chi connectivity index (χ3n) is 6.74. The molecule has 0 spiro atoms. The summed E-state index contributed by atoms with van der Waals surface area (Å²) in [6.45, 7) is 0. The van der Waals surface area contributed by atoms with Crippen LogP contribution in [0.2, 0.25) is 0 Å². The molecule has 4 heteroatoms. The molecule has 0 aliphatic carbocycles. The van der Waals surface area contributed by atoms with Crippen molar-refractivity contribution in [2.75, 3.05) is 28.9 Å². The minimum Gasteiger partial charge on any atom is -0.319 e. The molecular formula is C34H30N4. The van der Waals surface area contributed by atoms with Gasteiger partial charge >= 0.3 is 0 Å². The van der Waals surface area contributed by atoms with Crippen LogP contribution in [0.25, 0.3) is 10.9 Å². The summed E-state index contributed by atoms with van der Waals surface area (Å²) in [5, 5.41) is 3.29. The Hall–Kier alpha value is -4.96. The number of para-hydroxylation sites is 4. The topological polar surface area (TPSA) is 14.7 Å². The molecule has 5 aromatic carbocycles. The number of nitrogens with zero attached hydrogens (tertiary/aromatic N) is 4. The van der Waals surface area contributed by atoms with Crippen molar-refractivity contribution in [1.82, 2.24) is 4.68 Å². The predicted molar refractivity (Wildman–Crippen MR) is 161 cm³/mol. The second-order valence-corrected chi connectivity index (χ2v) is 9.42. The first-order valence-electron chi connectivity index (χ1n) is 12.8. The zero-order valence-corrected chi connectivity index (χ0v) is 21.6. The normalized spacial score (nSPS) is 10.9. The number of fused-ring (bicyclic) bond motifs is 1. The summed E-state index contributed by atoms with van der Waals surface area (Å²) in [6.07, 6.45) is 2.14. The number of hydrogen-bond donors (Lipinski definition) is 0. The van der Waals surface area contributed by atoms with Gasteiger partial charge in [0.25, 0.3) is 0 Å². The zero-order chi connectivity index (χ0) is 25.9. The van der Waals surface area contributed by atoms with Gasteiger partial charge in [0.15, 0.2) is 0 Å². The third kappa shape index (κ3) is 4.37. The lowest BCUT2D eigenvalue weighted by molar-refractivity contribution is 0.762. The van der Waals surface area contributed by atoms with Crippen LogP contribution in [0.1, 0.15) is 0 Å². The van der Waals surface area contributed by atoms with Crippen LogP contribution in [-0.4, -0.2) is 18.8 Å². The Morgan fingerprint density at radius 1 is 0.447 bits per heavy atom. The second kappa shape index (κ2) is 10.2. The summed E-state index contributed by atoms with van der Waals surface area (Å²) in [4.78, 5) is 4.67. The van der Waals surface area contributed by atoms with E-state index in [2.05, 4.69) is 179 Å². The highest BCUT2D eigenvalue weighted by Crippen LogP contribution is 2.44. The highest BCUT2D eigenvalue weighted by atomic mass is 15.5. The molecule has 0 radical (unpaired) electrons. The van der Waals surface area contributed by atoms with E-state index in [1.54, 1.807) is 0 Å². The van der Waals surface area contributed by atoms with Gasteiger partial charge in [0.05, 0.1) is 16.9 Å². The molecule has 0 saturated heterocycles. The van der Waals surface area contributed by atoms with Crippen molar-refractivity contribution in [3.8, 4) is 0 Å². The van der Waals surface area contributed by atoms with Crippen molar-refractivity contribution in [3.05, 3.63) is 146 Å². The summed E-state index contributed by atoms with van der Waals surface area (Å²) >= 11 is 0. The number of aromatic nitrogens is 1. The van der Waals surface area contributed by atoms with Gasteiger partial charge in [-0.2, -0.15) is 0 Å². The lowest BCUT2D eigenvalue weighted by Crippen LogP contribution is -2.23. The van der Waals surface area contributed by atoms with Gasteiger partial charge in [-0.15, -0.1) is 0 Å². The fourth-order valence-corrected chi connectivity index (χ4v) is 5.04. The molecule has 0 aliphatic heterocycles. The van der Waals surface area contributed by atoms with Crippen LogP contribution in [0.15, 0.2) is 146 Å². The van der Waals surface area contributed by atoms with Crippen molar-refractivity contribution in [2.24, 2.45) is 0 Å². The van der Waals surface area contributed by atoms with E-state index >= 15 is 0 Å². The van der Waals surface area contributed by atoms with Crippen LogP contribution in [0.4, 0.5) is 34.1 Å². The highest BCUT2D eigenvalue weighted by molar-refractivity contribution is 6.01. The van der Waals surface area contributed by atoms with E-state index in [1.807, 2.05) is 0 Å². The SMILES string of the molecule is CN(C)n1ccc2c(N(c3ccccc3)c3ccccc3)cc(N(c3ccccc3)c3ccccc3)cc21. The third-order valence-corrected chi connectivity index (χ3v) is 6.74. The zero-order valence-electron chi connectivity index (χ0n) is 21.6. The van der Waals surface area contributed by atoms with Crippen LogP contribution in [0, 0.1) is 0 Å². The van der Waals surface area contributed by atoms with Crippen LogP contribution in [0.3, 0.4) is 0 Å². The lowest BCUT2D eigenvalue weighted by Gasteiger charge is -2.30. The molecule has 0 bridgehead atoms. The van der Waals surface area contributed by atoms with Crippen molar-refractivity contribution in [2.45, 2.75) is 0 Å². The van der Waals surface area contributed by atoms with Gasteiger partial charge in [0, 0.05) is 48.4 Å². The maximum atomic E-state index is 2.35. The first-order chi connectivity index (χ1) is 18.7. The van der Waals surface area contributed by atoms with Crippen LogP contribution in [0.5, 0.6) is 0 Å². The predicted octanol–water partition coefficient (Wildman–Crippen LogP) is 8.78. The van der Waals surface area contributed by atoms with E-state index in [0.29, 0.717) is 0 Å². The quantitative estimate of drug-likeness (QED) is 0.220. The Kier molecular flexibility index (Phi) is 6.29. The molecule has 0 aliphatic rings. The van der Waals surface area contributed by atoms with Gasteiger partial charge in [-0.1, -0.05) is 72.8 Å². The molecule has 1 aromatic heterocycles. The highest BCUT2D eigenvalue weighted by Gasteiger charge is 2.21. The number of benzene rings is 5. The van der Waals surface area contributed by atoms with E-state index in [4.69, 9.17) is 0 Å². The van der Waals surface area contributed by atoms with Crippen LogP contribution >= 0.6 is 0 Å². The molecule has 6 rings (SSSR count). The smallest absolute Gasteiger partial charge is 0.0736 e. The minimum atomic E-state index is 1.09. The average Bonchev–Trinajstić information content (AvgIpc) is 3.40. The Bertz CT molecular complexity index is 1550. The largest absolute Gasteiger partial charge is 0.319 e. The summed E-state index contributed by atoms with van der Waals surface area (Å²) in [6, 6.07) is 49.1. The van der Waals surface area contributed by atoms with Crippen LogP contribution < -0.4 is 14.8 Å². The summed E-state index contributed by atoms with van der Waals surface area (Å²) in [7, 11) is 4.15. The average molecular weight is 495 g/mol. The summed E-state index contributed by atoms with van der Waals surface area (Å²) < 4.78 is 2.20. The van der Waals surface area contributed by atoms with Gasteiger partial charge in [-0.25, -0.2) is 0 Å². The molecule has 1 heterocycles. The van der Waals surface area contributed by atoms with E-state index in [9.17, 15) is 0 Å². The molecule has 0 saturated carbocycles. The minimum absolute atomic E-state index is 1.09. The number of rotatable bonds is 7. The molecular weight excluding hydrogens is 464 g/mol. The van der Waals surface area contributed by atoms with Crippen molar-refractivity contribution in [1.29, 1.82) is 0 Å². The molecule has 0 amide bonds. The van der Waals surface area contributed by atoms with E-state index in [1.165, 1.54) is 5.39 Å². The molecule has 0 fully saturated rings. The van der Waals surface area contributed by atoms with Gasteiger partial charge < -0.3 is 14.8 Å². The van der Waals surface area contributed by atoms with E-state index < -0.39 is 0 Å². The Labute approximate surface area is 224 Å². The Morgan fingerprint density at radius 3 is 1.29 bits per heavy atom. The number of anilines is 6. The van der Waals surface area contributed by atoms with Crippen molar-refractivity contribution in [3.63, 3.8) is 0 Å². The van der Waals surface area contributed by atoms with Crippen molar-refractivity contribution >= 4 is 45.0 Å². The maximum absolute atomic E-state index is 2.35. The van der Waals surface area contributed by atoms with Gasteiger partial charge in [0.1, 0.15) is 0 Å². The molecule has 4 nitrogen and oxygen atoms in total. The van der Waals surface area contributed by atoms with Crippen LogP contribution in [-0.2, 0) is 0 Å². The molecule has 0 N–H and O–H groups in total. The monoisotopic (exact) mass is 494 g/mol. The maximum Gasteiger partial charge on any atom is 0.0736 e. The summed E-state index contributed by atoms with van der Waals surface area (Å²) in [5.41, 5.74) is 7.78. The van der Waals surface area contributed by atoms with E-state index in [-0.39, 0.29) is 0 Å². The van der Waals surface area contributed by atoms with Crippen molar-refractivity contribution < 1.29 is 0 Å². The molecule has 0 unspecified atom stereocenters. The first kappa shape index (κ1) is 23.4. The Morgan fingerprint density at radius 2 is 0.868 bits per heavy atom. The Balaban J connectivity index is 1.67. The van der Waals surface area contributed by atoms with Gasteiger partial charge in [-0.05, 0) is 66.7 Å². The molecule has 0 atom stereocenters. The number of hydrogen-bond acceptors (Lipinski definition) is 3. The molecule has 6 aromatic rings. The first-order valence-corrected chi connectivity index (χ1v) is 12.8. The summed E-state index contributed by atoms with van der Waals surface area (Å²) in [5.74, 6) is 0. The lowest BCUT2D eigenvalue weighted by atomic mass is 10.1. The fourth-order valence-electron chi connectivity index (χ4n) is 5.04. The fraction of sp³-hybridized carbons (Fsp3) is 0.0588. The standard InChI is InChI=1S/C34H30N4/c1-35(2)36-24-23-32-33(36)25-31(37(27-15-7-3-8-16-27)28-17-9-4-10-18-28)26-34(32)38(29-19-11-5-12-20-29)30-21-13-6-14-22-30/h3-26H,1-2H3. The second-order valence-electron chi connectivity index (χ2n) is 9.42. The molecule has 186 valence electrons.